The van der Waals surface area contributed by atoms with E-state index in [4.69, 9.17) is 4.74 Å². The van der Waals surface area contributed by atoms with Crippen LogP contribution in [0.1, 0.15) is 54.3 Å². The number of nitrogens with one attached hydrogen (secondary N) is 1. The molecular weight excluding hydrogens is 240 g/mol. The Labute approximate surface area is 119 Å². The lowest BCUT2D eigenvalue weighted by Crippen LogP contribution is -2.44. The van der Waals surface area contributed by atoms with Crippen molar-refractivity contribution < 1.29 is 11.0 Å². The van der Waals surface area contributed by atoms with Gasteiger partial charge in [-0.1, -0.05) is 6.92 Å². The molecule has 114 valence electrons. The summed E-state index contributed by atoms with van der Waals surface area (Å²) in [5.41, 5.74) is 0. The highest BCUT2D eigenvalue weighted by Crippen LogP contribution is 2.12. The average Bonchev–Trinajstić information content (AvgIpc) is 2.39. The van der Waals surface area contributed by atoms with Crippen LogP contribution in [0.2, 0.25) is 0 Å². The third-order valence-corrected chi connectivity index (χ3v) is 3.58. The summed E-state index contributed by atoms with van der Waals surface area (Å²) in [7, 11) is 0. The Kier molecular flexibility index (Phi) is 8.07. The quantitative estimate of drug-likeness (QED) is 0.690. The molecule has 1 heterocycles. The van der Waals surface area contributed by atoms with Crippen LogP contribution in [-0.2, 0) is 9.53 Å². The highest BCUT2D eigenvalue weighted by atomic mass is 16.5. The molecule has 1 rings (SSSR count). The predicted octanol–water partition coefficient (Wildman–Crippen LogP) is 2.43. The van der Waals surface area contributed by atoms with Gasteiger partial charge in [-0.15, -0.1) is 0 Å². The molecule has 1 aliphatic heterocycles. The van der Waals surface area contributed by atoms with Crippen LogP contribution in [0.25, 0.3) is 0 Å². The first-order valence-electron chi connectivity index (χ1n) is 7.76. The first kappa shape index (κ1) is 16.4. The molecule has 0 aromatic rings. The molecule has 0 atom stereocenters. The van der Waals surface area contributed by atoms with E-state index in [1.807, 2.05) is 18.7 Å². The van der Waals surface area contributed by atoms with E-state index in [2.05, 4.69) is 12.2 Å². The Balaban J connectivity index is 0.00000361. The number of carbonyl (C=O) groups excluding carboxylic acids is 1. The van der Waals surface area contributed by atoms with Gasteiger partial charge in [-0.3, -0.25) is 4.79 Å². The minimum atomic E-state index is 0. The third-order valence-electron chi connectivity index (χ3n) is 3.58. The van der Waals surface area contributed by atoms with E-state index in [1.54, 1.807) is 0 Å². The zero-order chi connectivity index (χ0) is 14.1. The molecule has 4 nitrogen and oxygen atoms in total. The van der Waals surface area contributed by atoms with Gasteiger partial charge >= 0.3 is 0 Å². The molecule has 0 unspecified atom stereocenters. The van der Waals surface area contributed by atoms with E-state index >= 15 is 0 Å². The van der Waals surface area contributed by atoms with Crippen molar-refractivity contribution in [3.8, 4) is 0 Å². The lowest BCUT2D eigenvalue weighted by molar-refractivity contribution is -0.132. The topological polar surface area (TPSA) is 41.6 Å². The fraction of sp³-hybridized carbons (Fsp3) is 0.933. The van der Waals surface area contributed by atoms with E-state index in [0.29, 0.717) is 24.5 Å². The van der Waals surface area contributed by atoms with Gasteiger partial charge in [0, 0.05) is 33.6 Å². The summed E-state index contributed by atoms with van der Waals surface area (Å²) in [5.74, 6) is 0.319. The zero-order valence-corrected chi connectivity index (χ0v) is 12.8. The fourth-order valence-corrected chi connectivity index (χ4v) is 2.48. The molecule has 1 fully saturated rings. The normalized spacial score (nSPS) is 17.2. The van der Waals surface area contributed by atoms with E-state index < -0.39 is 0 Å². The molecule has 0 spiro atoms. The maximum atomic E-state index is 12.0. The van der Waals surface area contributed by atoms with Crippen LogP contribution < -0.4 is 5.32 Å². The molecule has 0 aromatic heterocycles. The van der Waals surface area contributed by atoms with Crippen molar-refractivity contribution in [2.45, 2.75) is 65.0 Å². The number of nitrogens with zero attached hydrogens (tertiary/aromatic N) is 1. The van der Waals surface area contributed by atoms with Crippen LogP contribution in [0.15, 0.2) is 0 Å². The SMILES string of the molecule is CCNC1CCN(C(=O)CCCCOC(C)C)CC1.[HH]. The number of amides is 1. The van der Waals surface area contributed by atoms with Gasteiger partial charge < -0.3 is 15.0 Å². The Morgan fingerprint density at radius 3 is 2.63 bits per heavy atom. The van der Waals surface area contributed by atoms with Gasteiger partial charge in [0.25, 0.3) is 0 Å². The van der Waals surface area contributed by atoms with Gasteiger partial charge in [0.2, 0.25) is 5.91 Å². The Morgan fingerprint density at radius 2 is 2.05 bits per heavy atom. The smallest absolute Gasteiger partial charge is 0.222 e. The number of hydrogen-bond donors (Lipinski definition) is 1. The number of ether oxygens (including phenoxy) is 1. The van der Waals surface area contributed by atoms with Crippen LogP contribution in [-0.4, -0.2) is 49.2 Å². The second kappa shape index (κ2) is 9.32. The molecule has 4 heteroatoms. The molecule has 1 saturated heterocycles. The first-order chi connectivity index (χ1) is 9.13. The van der Waals surface area contributed by atoms with Gasteiger partial charge in [0.1, 0.15) is 0 Å². The van der Waals surface area contributed by atoms with Crippen LogP contribution in [0.5, 0.6) is 0 Å². The highest BCUT2D eigenvalue weighted by Gasteiger charge is 2.21. The lowest BCUT2D eigenvalue weighted by Gasteiger charge is -2.32. The molecule has 1 amide bonds. The Morgan fingerprint density at radius 1 is 1.37 bits per heavy atom. The van der Waals surface area contributed by atoms with Crippen LogP contribution in [0, 0.1) is 0 Å². The molecule has 0 radical (unpaired) electrons. The maximum Gasteiger partial charge on any atom is 0.222 e. The third kappa shape index (κ3) is 6.92. The predicted molar refractivity (Wildman–Crippen MR) is 80.3 cm³/mol. The van der Waals surface area contributed by atoms with Crippen molar-refractivity contribution in [2.75, 3.05) is 26.2 Å². The summed E-state index contributed by atoms with van der Waals surface area (Å²) in [6.45, 7) is 9.84. The molecule has 19 heavy (non-hydrogen) atoms. The van der Waals surface area contributed by atoms with Crippen LogP contribution in [0.4, 0.5) is 0 Å². The van der Waals surface area contributed by atoms with Gasteiger partial charge in [-0.2, -0.15) is 0 Å². The zero-order valence-electron chi connectivity index (χ0n) is 12.8. The minimum absolute atomic E-state index is 0. The largest absolute Gasteiger partial charge is 0.379 e. The molecule has 1 aliphatic rings. The van der Waals surface area contributed by atoms with Gasteiger partial charge in [0.05, 0.1) is 6.10 Å². The summed E-state index contributed by atoms with van der Waals surface area (Å²) < 4.78 is 5.48. The summed E-state index contributed by atoms with van der Waals surface area (Å²) in [6, 6.07) is 0.605. The average molecular weight is 272 g/mol. The van der Waals surface area contributed by atoms with Crippen molar-refractivity contribution in [2.24, 2.45) is 0 Å². The molecule has 0 saturated carbocycles. The van der Waals surface area contributed by atoms with Crippen molar-refractivity contribution in [3.63, 3.8) is 0 Å². The van der Waals surface area contributed by atoms with E-state index in [9.17, 15) is 4.79 Å². The summed E-state index contributed by atoms with van der Waals surface area (Å²) in [6.07, 6.45) is 5.08. The monoisotopic (exact) mass is 272 g/mol. The Hall–Kier alpha value is -0.610. The summed E-state index contributed by atoms with van der Waals surface area (Å²) >= 11 is 0. The number of piperidine rings is 1. The van der Waals surface area contributed by atoms with Gasteiger partial charge in [0.15, 0.2) is 0 Å². The summed E-state index contributed by atoms with van der Waals surface area (Å²) in [4.78, 5) is 14.0. The number of unbranched alkanes of at least 4 members (excludes halogenated alkanes) is 1. The van der Waals surface area contributed by atoms with Gasteiger partial charge in [-0.05, 0) is 46.1 Å². The molecule has 0 aliphatic carbocycles. The van der Waals surface area contributed by atoms with Crippen molar-refractivity contribution in [1.82, 2.24) is 10.2 Å². The Bertz CT molecular complexity index is 254. The molecule has 0 bridgehead atoms. The second-order valence-electron chi connectivity index (χ2n) is 5.59. The number of hydrogen-bond acceptors (Lipinski definition) is 3. The highest BCUT2D eigenvalue weighted by molar-refractivity contribution is 5.76. The molecule has 1 N–H and O–H groups in total. The van der Waals surface area contributed by atoms with E-state index in [1.165, 1.54) is 0 Å². The maximum absolute atomic E-state index is 12.0. The number of likely N-dealkylation sites (tertiary alicyclic amines) is 1. The second-order valence-corrected chi connectivity index (χ2v) is 5.59. The number of rotatable bonds is 8. The van der Waals surface area contributed by atoms with Crippen molar-refractivity contribution in [1.29, 1.82) is 0 Å². The van der Waals surface area contributed by atoms with Gasteiger partial charge in [-0.25, -0.2) is 0 Å². The molecular formula is C15H32N2O2. The van der Waals surface area contributed by atoms with E-state index in [0.717, 1.165) is 51.9 Å². The first-order valence-corrected chi connectivity index (χ1v) is 7.76. The number of carbonyl (C=O) groups is 1. The standard InChI is InChI=1S/C15H30N2O2.H2/c1-4-16-14-8-10-17(11-9-14)15(18)7-5-6-12-19-13(2)3;/h13-14,16H,4-12H2,1-3H3;1H. The van der Waals surface area contributed by atoms with Crippen LogP contribution >= 0.6 is 0 Å². The minimum Gasteiger partial charge on any atom is -0.379 e. The van der Waals surface area contributed by atoms with E-state index in [-0.39, 0.29) is 1.43 Å². The van der Waals surface area contributed by atoms with Crippen molar-refractivity contribution >= 4 is 5.91 Å². The fourth-order valence-electron chi connectivity index (χ4n) is 2.48. The summed E-state index contributed by atoms with van der Waals surface area (Å²) in [5, 5.41) is 3.46. The lowest BCUT2D eigenvalue weighted by atomic mass is 10.0. The van der Waals surface area contributed by atoms with Crippen LogP contribution in [0.3, 0.4) is 0 Å². The molecule has 0 aromatic carbocycles. The van der Waals surface area contributed by atoms with Crippen molar-refractivity contribution in [3.05, 3.63) is 0 Å².